The number of hydrogen-bond acceptors (Lipinski definition) is 4. The van der Waals surface area contributed by atoms with E-state index >= 15 is 0 Å². The van der Waals surface area contributed by atoms with Crippen LogP contribution in [0.15, 0.2) is 0 Å². The van der Waals surface area contributed by atoms with Crippen LogP contribution < -0.4 is 4.72 Å². The Kier molecular flexibility index (Phi) is 5.27. The van der Waals surface area contributed by atoms with Gasteiger partial charge in [-0.05, 0) is 18.8 Å². The second-order valence-electron chi connectivity index (χ2n) is 4.69. The lowest BCUT2D eigenvalue weighted by Gasteiger charge is -2.30. The van der Waals surface area contributed by atoms with Gasteiger partial charge in [-0.15, -0.1) is 0 Å². The molecule has 19 heavy (non-hydrogen) atoms. The van der Waals surface area contributed by atoms with Crippen molar-refractivity contribution in [2.75, 3.05) is 13.1 Å². The molecule has 8 nitrogen and oxygen atoms in total. The van der Waals surface area contributed by atoms with E-state index in [1.165, 1.54) is 0 Å². The minimum Gasteiger partial charge on any atom is -0.481 e. The van der Waals surface area contributed by atoms with Crippen LogP contribution in [-0.2, 0) is 19.8 Å². The first-order valence-corrected chi connectivity index (χ1v) is 7.38. The van der Waals surface area contributed by atoms with Gasteiger partial charge in [-0.1, -0.05) is 6.92 Å². The topological polar surface area (TPSA) is 124 Å². The van der Waals surface area contributed by atoms with Gasteiger partial charge in [0, 0.05) is 13.1 Å². The fourth-order valence-electron chi connectivity index (χ4n) is 1.83. The molecule has 1 unspecified atom stereocenters. The van der Waals surface area contributed by atoms with E-state index in [9.17, 15) is 18.0 Å². The number of carboxylic acids is 2. The molecule has 9 heteroatoms. The van der Waals surface area contributed by atoms with Crippen LogP contribution in [0, 0.1) is 5.92 Å². The fraction of sp³-hybridized carbons (Fsp3) is 0.800. The van der Waals surface area contributed by atoms with Gasteiger partial charge >= 0.3 is 11.9 Å². The molecule has 1 saturated heterocycles. The van der Waals surface area contributed by atoms with Crippen LogP contribution in [0.4, 0.5) is 0 Å². The number of nitrogens with one attached hydrogen (secondary N) is 1. The average Bonchev–Trinajstić information content (AvgIpc) is 2.27. The summed E-state index contributed by atoms with van der Waals surface area (Å²) in [5, 5.41) is 17.4. The number of rotatable bonds is 6. The summed E-state index contributed by atoms with van der Waals surface area (Å²) in [5.74, 6) is -2.44. The van der Waals surface area contributed by atoms with Gasteiger partial charge in [-0.3, -0.25) is 9.59 Å². The predicted molar refractivity (Wildman–Crippen MR) is 65.7 cm³/mol. The normalized spacial score (nSPS) is 20.1. The number of nitrogens with zero attached hydrogens (tertiary/aromatic N) is 1. The third-order valence-corrected chi connectivity index (χ3v) is 4.68. The second-order valence-corrected chi connectivity index (χ2v) is 6.40. The zero-order chi connectivity index (χ0) is 14.6. The molecule has 0 radical (unpaired) electrons. The van der Waals surface area contributed by atoms with E-state index in [0.29, 0.717) is 31.8 Å². The quantitative estimate of drug-likeness (QED) is 0.605. The summed E-state index contributed by atoms with van der Waals surface area (Å²) in [4.78, 5) is 21.3. The van der Waals surface area contributed by atoms with E-state index in [-0.39, 0.29) is 0 Å². The van der Waals surface area contributed by atoms with E-state index in [1.54, 1.807) is 0 Å². The van der Waals surface area contributed by atoms with Crippen molar-refractivity contribution in [3.63, 3.8) is 0 Å². The van der Waals surface area contributed by atoms with Crippen molar-refractivity contribution in [3.05, 3.63) is 0 Å². The predicted octanol–water partition coefficient (Wildman–Crippen LogP) is -0.519. The van der Waals surface area contributed by atoms with Gasteiger partial charge in [-0.2, -0.15) is 17.4 Å². The lowest BCUT2D eigenvalue weighted by Crippen LogP contribution is -2.50. The lowest BCUT2D eigenvalue weighted by atomic mass is 10.0. The largest absolute Gasteiger partial charge is 0.481 e. The van der Waals surface area contributed by atoms with Crippen molar-refractivity contribution in [1.82, 2.24) is 9.03 Å². The van der Waals surface area contributed by atoms with Crippen LogP contribution >= 0.6 is 0 Å². The Hall–Kier alpha value is -1.19. The summed E-state index contributed by atoms with van der Waals surface area (Å²) in [6.07, 6.45) is 0.619. The SMILES string of the molecule is CC1CCN(S(=O)(=O)NC(CC(=O)O)C(=O)O)CC1. The summed E-state index contributed by atoms with van der Waals surface area (Å²) in [6.45, 7) is 2.65. The summed E-state index contributed by atoms with van der Waals surface area (Å²) < 4.78 is 27.0. The first-order chi connectivity index (χ1) is 8.72. The Balaban J connectivity index is 2.71. The molecule has 1 rings (SSSR count). The van der Waals surface area contributed by atoms with E-state index in [4.69, 9.17) is 10.2 Å². The first kappa shape index (κ1) is 15.9. The monoisotopic (exact) mass is 294 g/mol. The minimum atomic E-state index is -3.96. The van der Waals surface area contributed by atoms with Crippen molar-refractivity contribution >= 4 is 22.1 Å². The highest BCUT2D eigenvalue weighted by molar-refractivity contribution is 7.87. The van der Waals surface area contributed by atoms with Crippen LogP contribution in [0.1, 0.15) is 26.2 Å². The van der Waals surface area contributed by atoms with Crippen LogP contribution in [0.3, 0.4) is 0 Å². The molecule has 0 spiro atoms. The van der Waals surface area contributed by atoms with E-state index < -0.39 is 34.6 Å². The third kappa shape index (κ3) is 4.77. The Labute approximate surface area is 111 Å². The maximum absolute atomic E-state index is 11.9. The van der Waals surface area contributed by atoms with Crippen molar-refractivity contribution in [1.29, 1.82) is 0 Å². The Bertz CT molecular complexity index is 441. The summed E-state index contributed by atoms with van der Waals surface area (Å²) in [7, 11) is -3.96. The van der Waals surface area contributed by atoms with Crippen LogP contribution in [0.2, 0.25) is 0 Å². The molecule has 1 fully saturated rings. The summed E-state index contributed by atoms with van der Waals surface area (Å²) >= 11 is 0. The van der Waals surface area contributed by atoms with Gasteiger partial charge in [-0.25, -0.2) is 0 Å². The number of hydrogen-bond donors (Lipinski definition) is 3. The molecule has 1 aliphatic heterocycles. The highest BCUT2D eigenvalue weighted by Gasteiger charge is 2.32. The molecule has 0 aromatic carbocycles. The number of carboxylic acid groups (broad SMARTS) is 2. The second kappa shape index (κ2) is 6.31. The maximum atomic E-state index is 11.9. The maximum Gasteiger partial charge on any atom is 0.322 e. The zero-order valence-corrected chi connectivity index (χ0v) is 11.4. The fourth-order valence-corrected chi connectivity index (χ4v) is 3.22. The summed E-state index contributed by atoms with van der Waals surface area (Å²) in [5.41, 5.74) is 0. The molecular weight excluding hydrogens is 276 g/mol. The smallest absolute Gasteiger partial charge is 0.322 e. The third-order valence-electron chi connectivity index (χ3n) is 3.05. The van der Waals surface area contributed by atoms with Gasteiger partial charge < -0.3 is 10.2 Å². The molecule has 0 aliphatic carbocycles. The minimum absolute atomic E-state index is 0.315. The molecule has 3 N–H and O–H groups in total. The molecule has 1 atom stereocenters. The number of piperidine rings is 1. The van der Waals surface area contributed by atoms with Crippen molar-refractivity contribution in [2.24, 2.45) is 5.92 Å². The highest BCUT2D eigenvalue weighted by Crippen LogP contribution is 2.18. The lowest BCUT2D eigenvalue weighted by molar-refractivity contribution is -0.145. The van der Waals surface area contributed by atoms with E-state index in [1.807, 2.05) is 11.6 Å². The zero-order valence-electron chi connectivity index (χ0n) is 10.6. The molecule has 0 saturated carbocycles. The molecular formula is C10H18N2O6S. The van der Waals surface area contributed by atoms with Crippen LogP contribution in [0.25, 0.3) is 0 Å². The van der Waals surface area contributed by atoms with Gasteiger partial charge in [0.15, 0.2) is 0 Å². The average molecular weight is 294 g/mol. The van der Waals surface area contributed by atoms with Crippen LogP contribution in [-0.4, -0.2) is 54.0 Å². The van der Waals surface area contributed by atoms with E-state index in [0.717, 1.165) is 4.31 Å². The van der Waals surface area contributed by atoms with Crippen molar-refractivity contribution in [2.45, 2.75) is 32.2 Å². The van der Waals surface area contributed by atoms with Crippen LogP contribution in [0.5, 0.6) is 0 Å². The highest BCUT2D eigenvalue weighted by atomic mass is 32.2. The number of aliphatic carboxylic acids is 2. The van der Waals surface area contributed by atoms with Crippen molar-refractivity contribution in [3.8, 4) is 0 Å². The molecule has 0 bridgehead atoms. The van der Waals surface area contributed by atoms with Gasteiger partial charge in [0.1, 0.15) is 6.04 Å². The molecule has 0 aromatic rings. The Morgan fingerprint density at radius 1 is 1.32 bits per heavy atom. The van der Waals surface area contributed by atoms with Gasteiger partial charge in [0.25, 0.3) is 10.2 Å². The Morgan fingerprint density at radius 3 is 2.26 bits per heavy atom. The van der Waals surface area contributed by atoms with E-state index in [2.05, 4.69) is 0 Å². The standard InChI is InChI=1S/C10H18N2O6S/c1-7-2-4-12(5-3-7)19(17,18)11-8(10(15)16)6-9(13)14/h7-8,11H,2-6H2,1H3,(H,13,14)(H,15,16). The molecule has 1 heterocycles. The van der Waals surface area contributed by atoms with Crippen molar-refractivity contribution < 1.29 is 28.2 Å². The Morgan fingerprint density at radius 2 is 1.84 bits per heavy atom. The molecule has 0 amide bonds. The number of carbonyl (C=O) groups is 2. The molecule has 1 aliphatic rings. The first-order valence-electron chi connectivity index (χ1n) is 5.94. The van der Waals surface area contributed by atoms with Gasteiger partial charge in [0.2, 0.25) is 0 Å². The molecule has 110 valence electrons. The molecule has 0 aromatic heterocycles. The summed E-state index contributed by atoms with van der Waals surface area (Å²) in [6, 6.07) is -1.65. The van der Waals surface area contributed by atoms with Gasteiger partial charge in [0.05, 0.1) is 6.42 Å².